The molecular weight excluding hydrogens is 218 g/mol. The van der Waals surface area contributed by atoms with Gasteiger partial charge in [-0.3, -0.25) is 0 Å². The van der Waals surface area contributed by atoms with E-state index in [9.17, 15) is 0 Å². The first-order chi connectivity index (χ1) is 7.74. The molecule has 0 aliphatic carbocycles. The van der Waals surface area contributed by atoms with Crippen molar-refractivity contribution in [2.75, 3.05) is 6.54 Å². The van der Waals surface area contributed by atoms with Gasteiger partial charge in [0.1, 0.15) is 5.76 Å². The van der Waals surface area contributed by atoms with Crippen LogP contribution in [0.15, 0.2) is 28.2 Å². The Morgan fingerprint density at radius 3 is 2.62 bits per heavy atom. The van der Waals surface area contributed by atoms with E-state index in [1.807, 2.05) is 6.92 Å². The number of rotatable bonds is 4. The van der Waals surface area contributed by atoms with E-state index in [1.54, 1.807) is 17.6 Å². The molecule has 1 unspecified atom stereocenters. The van der Waals surface area contributed by atoms with E-state index in [0.29, 0.717) is 0 Å². The van der Waals surface area contributed by atoms with E-state index >= 15 is 0 Å². The molecule has 0 bridgehead atoms. The van der Waals surface area contributed by atoms with Gasteiger partial charge in [-0.25, -0.2) is 0 Å². The number of furan rings is 1. The maximum atomic E-state index is 5.39. The fraction of sp³-hybridized carbons (Fsp3) is 0.385. The van der Waals surface area contributed by atoms with Crippen LogP contribution >= 0.6 is 11.3 Å². The summed E-state index contributed by atoms with van der Waals surface area (Å²) >= 11 is 1.79. The third-order valence-electron chi connectivity index (χ3n) is 2.83. The molecule has 16 heavy (non-hydrogen) atoms. The van der Waals surface area contributed by atoms with Crippen LogP contribution in [0.2, 0.25) is 0 Å². The molecule has 3 heteroatoms. The van der Waals surface area contributed by atoms with Crippen LogP contribution in [0.4, 0.5) is 0 Å². The smallest absolute Gasteiger partial charge is 0.105 e. The van der Waals surface area contributed by atoms with Crippen molar-refractivity contribution in [3.05, 3.63) is 45.5 Å². The molecule has 1 atom stereocenters. The molecule has 86 valence electrons. The Balaban J connectivity index is 2.39. The molecule has 0 spiro atoms. The summed E-state index contributed by atoms with van der Waals surface area (Å²) in [5.41, 5.74) is 2.60. The predicted molar refractivity (Wildman–Crippen MR) is 68.0 cm³/mol. The summed E-state index contributed by atoms with van der Waals surface area (Å²) in [6.45, 7) is 7.26. The zero-order valence-electron chi connectivity index (χ0n) is 9.91. The molecule has 2 rings (SSSR count). The van der Waals surface area contributed by atoms with Crippen LogP contribution in [0.3, 0.4) is 0 Å². The van der Waals surface area contributed by atoms with Gasteiger partial charge in [-0.2, -0.15) is 0 Å². The third-order valence-corrected chi connectivity index (χ3v) is 3.69. The van der Waals surface area contributed by atoms with Gasteiger partial charge < -0.3 is 9.73 Å². The van der Waals surface area contributed by atoms with Gasteiger partial charge in [0.2, 0.25) is 0 Å². The number of hydrogen-bond acceptors (Lipinski definition) is 3. The molecule has 2 aromatic heterocycles. The second kappa shape index (κ2) is 4.85. The Bertz CT molecular complexity index is 418. The topological polar surface area (TPSA) is 25.2 Å². The van der Waals surface area contributed by atoms with Gasteiger partial charge in [0.05, 0.1) is 12.3 Å². The minimum atomic E-state index is 0.259. The maximum Gasteiger partial charge on any atom is 0.105 e. The number of nitrogens with one attached hydrogen (secondary N) is 1. The van der Waals surface area contributed by atoms with Gasteiger partial charge in [-0.1, -0.05) is 6.92 Å². The van der Waals surface area contributed by atoms with Crippen LogP contribution in [0.5, 0.6) is 0 Å². The molecule has 0 aliphatic rings. The largest absolute Gasteiger partial charge is 0.469 e. The average Bonchev–Trinajstić information content (AvgIpc) is 2.84. The van der Waals surface area contributed by atoms with Crippen LogP contribution < -0.4 is 5.32 Å². The second-order valence-corrected chi connectivity index (χ2v) is 4.98. The minimum Gasteiger partial charge on any atom is -0.469 e. The highest BCUT2D eigenvalue weighted by atomic mass is 32.1. The van der Waals surface area contributed by atoms with E-state index in [2.05, 4.69) is 36.7 Å². The van der Waals surface area contributed by atoms with Gasteiger partial charge >= 0.3 is 0 Å². The van der Waals surface area contributed by atoms with Crippen LogP contribution in [0, 0.1) is 13.8 Å². The molecular formula is C13H17NOS. The summed E-state index contributed by atoms with van der Waals surface area (Å²) in [6.07, 6.45) is 1.76. The number of thiophene rings is 1. The standard InChI is InChI=1S/C13H17NOS/c1-4-14-13(11-5-7-15-9(11)2)12-6-8-16-10(12)3/h5-8,13-14H,4H2,1-3H3. The molecule has 0 fully saturated rings. The number of hydrogen-bond donors (Lipinski definition) is 1. The van der Waals surface area contributed by atoms with Crippen molar-refractivity contribution in [2.45, 2.75) is 26.8 Å². The maximum absolute atomic E-state index is 5.39. The highest BCUT2D eigenvalue weighted by Crippen LogP contribution is 2.30. The lowest BCUT2D eigenvalue weighted by molar-refractivity contribution is 0.520. The third kappa shape index (κ3) is 2.06. The summed E-state index contributed by atoms with van der Waals surface area (Å²) in [4.78, 5) is 1.37. The highest BCUT2D eigenvalue weighted by molar-refractivity contribution is 7.10. The van der Waals surface area contributed by atoms with Crippen molar-refractivity contribution in [3.8, 4) is 0 Å². The molecule has 0 saturated carbocycles. The summed E-state index contributed by atoms with van der Waals surface area (Å²) in [6, 6.07) is 4.51. The van der Waals surface area contributed by atoms with E-state index in [-0.39, 0.29) is 6.04 Å². The van der Waals surface area contributed by atoms with Crippen molar-refractivity contribution in [2.24, 2.45) is 0 Å². The lowest BCUT2D eigenvalue weighted by atomic mass is 10.00. The van der Waals surface area contributed by atoms with Gasteiger partial charge in [-0.05, 0) is 43.5 Å². The number of aryl methyl sites for hydroxylation is 2. The van der Waals surface area contributed by atoms with Crippen molar-refractivity contribution < 1.29 is 4.42 Å². The summed E-state index contributed by atoms with van der Waals surface area (Å²) in [7, 11) is 0. The first-order valence-electron chi connectivity index (χ1n) is 5.55. The van der Waals surface area contributed by atoms with Crippen LogP contribution in [-0.2, 0) is 0 Å². The van der Waals surface area contributed by atoms with Gasteiger partial charge in [0, 0.05) is 10.4 Å². The lowest BCUT2D eigenvalue weighted by Gasteiger charge is -2.17. The summed E-state index contributed by atoms with van der Waals surface area (Å²) in [5, 5.41) is 5.66. The van der Waals surface area contributed by atoms with E-state index < -0.39 is 0 Å². The predicted octanol–water partition coefficient (Wildman–Crippen LogP) is 3.66. The Morgan fingerprint density at radius 1 is 1.31 bits per heavy atom. The Morgan fingerprint density at radius 2 is 2.12 bits per heavy atom. The first kappa shape index (κ1) is 11.4. The second-order valence-electron chi connectivity index (χ2n) is 3.85. The summed E-state index contributed by atoms with van der Waals surface area (Å²) in [5.74, 6) is 0.997. The van der Waals surface area contributed by atoms with E-state index in [1.165, 1.54) is 16.0 Å². The van der Waals surface area contributed by atoms with Gasteiger partial charge in [0.15, 0.2) is 0 Å². The molecule has 0 radical (unpaired) electrons. The van der Waals surface area contributed by atoms with Crippen LogP contribution in [-0.4, -0.2) is 6.54 Å². The first-order valence-corrected chi connectivity index (χ1v) is 6.43. The highest BCUT2D eigenvalue weighted by Gasteiger charge is 2.19. The van der Waals surface area contributed by atoms with E-state index in [0.717, 1.165) is 12.3 Å². The van der Waals surface area contributed by atoms with Crippen molar-refractivity contribution in [1.82, 2.24) is 5.32 Å². The SMILES string of the molecule is CCNC(c1ccoc1C)c1ccsc1C. The fourth-order valence-electron chi connectivity index (χ4n) is 1.98. The monoisotopic (exact) mass is 235 g/mol. The fourth-order valence-corrected chi connectivity index (χ4v) is 2.72. The molecule has 2 heterocycles. The van der Waals surface area contributed by atoms with Crippen LogP contribution in [0.25, 0.3) is 0 Å². The molecule has 2 aromatic rings. The molecule has 2 nitrogen and oxygen atoms in total. The van der Waals surface area contributed by atoms with Crippen LogP contribution in [0.1, 0.15) is 34.7 Å². The minimum absolute atomic E-state index is 0.259. The molecule has 0 aliphatic heterocycles. The molecule has 0 aromatic carbocycles. The quantitative estimate of drug-likeness (QED) is 0.875. The van der Waals surface area contributed by atoms with Gasteiger partial charge in [0.25, 0.3) is 0 Å². The molecule has 0 amide bonds. The molecule has 0 saturated heterocycles. The van der Waals surface area contributed by atoms with Crippen molar-refractivity contribution in [3.63, 3.8) is 0 Å². The molecule has 1 N–H and O–H groups in total. The van der Waals surface area contributed by atoms with Crippen molar-refractivity contribution in [1.29, 1.82) is 0 Å². The van der Waals surface area contributed by atoms with Crippen molar-refractivity contribution >= 4 is 11.3 Å². The Kier molecular flexibility index (Phi) is 3.46. The lowest BCUT2D eigenvalue weighted by Crippen LogP contribution is -2.22. The average molecular weight is 235 g/mol. The zero-order valence-corrected chi connectivity index (χ0v) is 10.7. The normalized spacial score (nSPS) is 12.9. The van der Waals surface area contributed by atoms with Gasteiger partial charge in [-0.15, -0.1) is 11.3 Å². The summed E-state index contributed by atoms with van der Waals surface area (Å²) < 4.78 is 5.39. The Hall–Kier alpha value is -1.06. The van der Waals surface area contributed by atoms with E-state index in [4.69, 9.17) is 4.42 Å². The zero-order chi connectivity index (χ0) is 11.5. The Labute approximate surface area is 100 Å².